The lowest BCUT2D eigenvalue weighted by molar-refractivity contribution is -0.123. The highest BCUT2D eigenvalue weighted by Gasteiger charge is 2.37. The molecule has 0 aromatic heterocycles. The molecular weight excluding hydrogens is 446 g/mol. The highest BCUT2D eigenvalue weighted by Crippen LogP contribution is 2.32. The number of piperazine rings is 1. The van der Waals surface area contributed by atoms with Crippen LogP contribution in [0.2, 0.25) is 5.02 Å². The zero-order valence-electron chi connectivity index (χ0n) is 20.1. The average Bonchev–Trinajstić information content (AvgIpc) is 3.39. The number of carbonyl (C=O) groups excluding carboxylic acids is 2. The van der Waals surface area contributed by atoms with Crippen LogP contribution in [0.1, 0.15) is 61.4 Å². The molecule has 0 radical (unpaired) electrons. The lowest BCUT2D eigenvalue weighted by atomic mass is 9.94. The second kappa shape index (κ2) is 11.9. The first-order valence-electron chi connectivity index (χ1n) is 12.7. The van der Waals surface area contributed by atoms with E-state index in [1.54, 1.807) is 12.1 Å². The Bertz CT molecular complexity index is 947. The number of amides is 2. The summed E-state index contributed by atoms with van der Waals surface area (Å²) in [7, 11) is 0. The molecule has 1 atom stereocenters. The molecule has 0 bridgehead atoms. The normalized spacial score (nSPS) is 18.1. The molecule has 1 N–H and O–H groups in total. The van der Waals surface area contributed by atoms with Gasteiger partial charge < -0.3 is 10.2 Å². The Kier molecular flexibility index (Phi) is 8.63. The minimum Gasteiger partial charge on any atom is -0.336 e. The first kappa shape index (κ1) is 24.7. The first-order chi connectivity index (χ1) is 16.5. The van der Waals surface area contributed by atoms with Crippen molar-refractivity contribution < 1.29 is 9.59 Å². The largest absolute Gasteiger partial charge is 0.336 e. The number of hydrogen-bond acceptors (Lipinski definition) is 3. The molecule has 2 aromatic carbocycles. The molecule has 5 nitrogen and oxygen atoms in total. The molecule has 1 saturated carbocycles. The molecule has 0 spiro atoms. The van der Waals surface area contributed by atoms with E-state index in [4.69, 9.17) is 11.6 Å². The molecule has 1 aliphatic carbocycles. The standard InChI is InChI=1S/C28H36ClN3O2/c1-2-3-6-21-9-11-23(12-10-21)28(34)32-19-17-31(18-20-32)26(22-7-4-5-8-22)27(33)30-25-15-13-24(29)14-16-25/h9-16,22,26H,2-8,17-20H2,1H3,(H,30,33). The van der Waals surface area contributed by atoms with Gasteiger partial charge in [-0.25, -0.2) is 0 Å². The predicted molar refractivity (Wildman–Crippen MR) is 138 cm³/mol. The van der Waals surface area contributed by atoms with Crippen LogP contribution in [0.4, 0.5) is 5.69 Å². The molecule has 2 aliphatic rings. The number of unbranched alkanes of at least 4 members (excludes halogenated alkanes) is 1. The van der Waals surface area contributed by atoms with E-state index in [0.717, 1.165) is 43.6 Å². The fraction of sp³-hybridized carbons (Fsp3) is 0.500. The van der Waals surface area contributed by atoms with Crippen molar-refractivity contribution in [2.75, 3.05) is 31.5 Å². The smallest absolute Gasteiger partial charge is 0.253 e. The van der Waals surface area contributed by atoms with Crippen molar-refractivity contribution in [2.45, 2.75) is 57.9 Å². The van der Waals surface area contributed by atoms with E-state index in [2.05, 4.69) is 29.3 Å². The van der Waals surface area contributed by atoms with Gasteiger partial charge in [-0.15, -0.1) is 0 Å². The van der Waals surface area contributed by atoms with Gasteiger partial charge in [-0.05, 0) is 73.6 Å². The lowest BCUT2D eigenvalue weighted by Crippen LogP contribution is -2.56. The van der Waals surface area contributed by atoms with Gasteiger partial charge >= 0.3 is 0 Å². The quantitative estimate of drug-likeness (QED) is 0.531. The van der Waals surface area contributed by atoms with Crippen molar-refractivity contribution in [2.24, 2.45) is 5.92 Å². The summed E-state index contributed by atoms with van der Waals surface area (Å²) in [6.07, 6.45) is 7.94. The minimum atomic E-state index is -0.159. The van der Waals surface area contributed by atoms with Crippen molar-refractivity contribution >= 4 is 29.1 Å². The molecule has 4 rings (SSSR count). The number of anilines is 1. The zero-order chi connectivity index (χ0) is 23.9. The van der Waals surface area contributed by atoms with Crippen LogP contribution in [0.5, 0.6) is 0 Å². The Balaban J connectivity index is 1.38. The summed E-state index contributed by atoms with van der Waals surface area (Å²) in [6, 6.07) is 15.2. The van der Waals surface area contributed by atoms with Gasteiger partial charge in [0.15, 0.2) is 0 Å². The number of aryl methyl sites for hydroxylation is 1. The van der Waals surface area contributed by atoms with E-state index in [0.29, 0.717) is 24.0 Å². The van der Waals surface area contributed by atoms with Crippen LogP contribution in [0.25, 0.3) is 0 Å². The third-order valence-electron chi connectivity index (χ3n) is 7.24. The number of carbonyl (C=O) groups is 2. The monoisotopic (exact) mass is 481 g/mol. The zero-order valence-corrected chi connectivity index (χ0v) is 20.9. The van der Waals surface area contributed by atoms with Crippen LogP contribution in [0.3, 0.4) is 0 Å². The summed E-state index contributed by atoms with van der Waals surface area (Å²) in [4.78, 5) is 30.7. The van der Waals surface area contributed by atoms with Crippen molar-refractivity contribution in [1.82, 2.24) is 9.80 Å². The fourth-order valence-electron chi connectivity index (χ4n) is 5.28. The van der Waals surface area contributed by atoms with Gasteiger partial charge in [-0.3, -0.25) is 14.5 Å². The van der Waals surface area contributed by atoms with Gasteiger partial charge in [0.2, 0.25) is 5.91 Å². The van der Waals surface area contributed by atoms with Gasteiger partial charge in [-0.2, -0.15) is 0 Å². The highest BCUT2D eigenvalue weighted by molar-refractivity contribution is 6.30. The minimum absolute atomic E-state index is 0.0525. The number of rotatable bonds is 8. The van der Waals surface area contributed by atoms with Crippen LogP contribution in [0, 0.1) is 5.92 Å². The molecule has 2 aromatic rings. The summed E-state index contributed by atoms with van der Waals surface area (Å²) in [5, 5.41) is 3.76. The topological polar surface area (TPSA) is 52.7 Å². The molecule has 6 heteroatoms. The van der Waals surface area contributed by atoms with E-state index < -0.39 is 0 Å². The third-order valence-corrected chi connectivity index (χ3v) is 7.49. The van der Waals surface area contributed by atoms with Crippen molar-refractivity contribution in [3.05, 3.63) is 64.7 Å². The van der Waals surface area contributed by atoms with Gasteiger partial charge in [0.25, 0.3) is 5.91 Å². The molecule has 1 saturated heterocycles. The van der Waals surface area contributed by atoms with E-state index in [-0.39, 0.29) is 17.9 Å². The maximum atomic E-state index is 13.4. The number of nitrogens with zero attached hydrogens (tertiary/aromatic N) is 2. The second-order valence-electron chi connectivity index (χ2n) is 9.61. The molecule has 1 heterocycles. The number of benzene rings is 2. The molecular formula is C28H36ClN3O2. The highest BCUT2D eigenvalue weighted by atomic mass is 35.5. The molecule has 1 unspecified atom stereocenters. The summed E-state index contributed by atoms with van der Waals surface area (Å²) in [5.74, 6) is 0.506. The van der Waals surface area contributed by atoms with Crippen molar-refractivity contribution in [1.29, 1.82) is 0 Å². The summed E-state index contributed by atoms with van der Waals surface area (Å²) < 4.78 is 0. The predicted octanol–water partition coefficient (Wildman–Crippen LogP) is 5.64. The van der Waals surface area contributed by atoms with E-state index in [9.17, 15) is 9.59 Å². The summed E-state index contributed by atoms with van der Waals surface area (Å²) in [5.41, 5.74) is 2.81. The second-order valence-corrected chi connectivity index (χ2v) is 10.1. The maximum absolute atomic E-state index is 13.4. The third kappa shape index (κ3) is 6.19. The van der Waals surface area contributed by atoms with E-state index >= 15 is 0 Å². The maximum Gasteiger partial charge on any atom is 0.253 e. The molecule has 2 fully saturated rings. The molecule has 2 amide bonds. The van der Waals surface area contributed by atoms with Crippen molar-refractivity contribution in [3.63, 3.8) is 0 Å². The van der Waals surface area contributed by atoms with Crippen LogP contribution >= 0.6 is 11.6 Å². The fourth-order valence-corrected chi connectivity index (χ4v) is 5.41. The SMILES string of the molecule is CCCCc1ccc(C(=O)N2CCN(C(C(=O)Nc3ccc(Cl)cc3)C3CCCC3)CC2)cc1. The van der Waals surface area contributed by atoms with Gasteiger partial charge in [0, 0.05) is 42.5 Å². The molecule has 34 heavy (non-hydrogen) atoms. The average molecular weight is 482 g/mol. The molecule has 182 valence electrons. The van der Waals surface area contributed by atoms with E-state index in [1.807, 2.05) is 29.2 Å². The Morgan fingerprint density at radius 3 is 2.24 bits per heavy atom. The Labute approximate surface area is 208 Å². The van der Waals surface area contributed by atoms with Crippen LogP contribution in [-0.4, -0.2) is 53.8 Å². The molecule has 1 aliphatic heterocycles. The number of nitrogens with one attached hydrogen (secondary N) is 1. The van der Waals surface area contributed by atoms with Crippen molar-refractivity contribution in [3.8, 4) is 0 Å². The summed E-state index contributed by atoms with van der Waals surface area (Å²) in [6.45, 7) is 4.92. The number of hydrogen-bond donors (Lipinski definition) is 1. The van der Waals surface area contributed by atoms with E-state index in [1.165, 1.54) is 31.2 Å². The Morgan fingerprint density at radius 2 is 1.62 bits per heavy atom. The lowest BCUT2D eigenvalue weighted by Gasteiger charge is -2.40. The Hall–Kier alpha value is -2.37. The van der Waals surface area contributed by atoms with Crippen LogP contribution in [0.15, 0.2) is 48.5 Å². The van der Waals surface area contributed by atoms with Crippen LogP contribution < -0.4 is 5.32 Å². The number of halogens is 1. The summed E-state index contributed by atoms with van der Waals surface area (Å²) >= 11 is 5.99. The first-order valence-corrected chi connectivity index (χ1v) is 13.1. The van der Waals surface area contributed by atoms with Crippen LogP contribution in [-0.2, 0) is 11.2 Å². The van der Waals surface area contributed by atoms with Gasteiger partial charge in [0.05, 0.1) is 6.04 Å². The Morgan fingerprint density at radius 1 is 0.971 bits per heavy atom. The van der Waals surface area contributed by atoms with Gasteiger partial charge in [0.1, 0.15) is 0 Å². The van der Waals surface area contributed by atoms with Gasteiger partial charge in [-0.1, -0.05) is 49.9 Å².